The lowest BCUT2D eigenvalue weighted by molar-refractivity contribution is -0.485. The number of tetrazole rings is 1. The Kier molecular flexibility index (Phi) is 5.75. The Bertz CT molecular complexity index is 1120. The van der Waals surface area contributed by atoms with Crippen molar-refractivity contribution in [2.45, 2.75) is 12.6 Å². The highest BCUT2D eigenvalue weighted by Crippen LogP contribution is 2.28. The monoisotopic (exact) mass is 401 g/mol. The van der Waals surface area contributed by atoms with Crippen LogP contribution in [0.3, 0.4) is 0 Å². The molecule has 0 N–H and O–H groups in total. The minimum atomic E-state index is -0.753. The van der Waals surface area contributed by atoms with Gasteiger partial charge in [0, 0.05) is 16.1 Å². The molecule has 0 unspecified atom stereocenters. The summed E-state index contributed by atoms with van der Waals surface area (Å²) in [4.78, 5) is 12.3. The molecular formula is C22H19N5O3. The predicted molar refractivity (Wildman–Crippen MR) is 110 cm³/mol. The SMILES string of the molecule is O=[N+]([O-])C[C@H](c1ccccc1OCc1ccccc1)n1nnc(-c2ccccc2)n1. The van der Waals surface area contributed by atoms with Crippen LogP contribution in [0.15, 0.2) is 84.9 Å². The molecule has 0 aliphatic heterocycles. The van der Waals surface area contributed by atoms with Crippen LogP contribution in [0.5, 0.6) is 5.75 Å². The molecule has 3 aromatic carbocycles. The predicted octanol–water partition coefficient (Wildman–Crippen LogP) is 3.79. The third kappa shape index (κ3) is 4.49. The van der Waals surface area contributed by atoms with Gasteiger partial charge in [0.2, 0.25) is 12.4 Å². The molecular weight excluding hydrogens is 382 g/mol. The number of hydrogen-bond acceptors (Lipinski definition) is 6. The number of aromatic nitrogens is 4. The van der Waals surface area contributed by atoms with E-state index in [9.17, 15) is 10.1 Å². The van der Waals surface area contributed by atoms with E-state index >= 15 is 0 Å². The van der Waals surface area contributed by atoms with Crippen molar-refractivity contribution in [3.8, 4) is 17.1 Å². The number of nitrogens with zero attached hydrogens (tertiary/aromatic N) is 5. The highest BCUT2D eigenvalue weighted by atomic mass is 16.6. The molecule has 0 fully saturated rings. The largest absolute Gasteiger partial charge is 0.489 e. The van der Waals surface area contributed by atoms with Gasteiger partial charge in [0.25, 0.3) is 0 Å². The highest BCUT2D eigenvalue weighted by Gasteiger charge is 2.26. The second-order valence-corrected chi connectivity index (χ2v) is 6.64. The van der Waals surface area contributed by atoms with Crippen LogP contribution in [0.4, 0.5) is 0 Å². The molecule has 0 spiro atoms. The summed E-state index contributed by atoms with van der Waals surface area (Å²) in [5.41, 5.74) is 2.42. The smallest absolute Gasteiger partial charge is 0.232 e. The first-order chi connectivity index (χ1) is 14.7. The van der Waals surface area contributed by atoms with Crippen LogP contribution in [0.1, 0.15) is 17.2 Å². The van der Waals surface area contributed by atoms with Crippen molar-refractivity contribution >= 4 is 0 Å². The number of rotatable bonds is 8. The lowest BCUT2D eigenvalue weighted by atomic mass is 10.1. The van der Waals surface area contributed by atoms with Crippen molar-refractivity contribution in [2.24, 2.45) is 0 Å². The van der Waals surface area contributed by atoms with Crippen LogP contribution in [0.2, 0.25) is 0 Å². The number of para-hydroxylation sites is 1. The van der Waals surface area contributed by atoms with Gasteiger partial charge in [-0.05, 0) is 16.8 Å². The van der Waals surface area contributed by atoms with Crippen molar-refractivity contribution in [2.75, 3.05) is 6.54 Å². The number of ether oxygens (including phenoxy) is 1. The summed E-state index contributed by atoms with van der Waals surface area (Å²) < 4.78 is 5.99. The average molecular weight is 401 g/mol. The molecule has 0 aliphatic rings. The second kappa shape index (κ2) is 8.95. The van der Waals surface area contributed by atoms with E-state index in [4.69, 9.17) is 4.74 Å². The van der Waals surface area contributed by atoms with E-state index < -0.39 is 12.6 Å². The Morgan fingerprint density at radius 3 is 2.33 bits per heavy atom. The van der Waals surface area contributed by atoms with Gasteiger partial charge in [0.1, 0.15) is 12.4 Å². The van der Waals surface area contributed by atoms with E-state index in [0.29, 0.717) is 23.7 Å². The Morgan fingerprint density at radius 2 is 1.60 bits per heavy atom. The molecule has 30 heavy (non-hydrogen) atoms. The molecule has 0 saturated heterocycles. The van der Waals surface area contributed by atoms with Gasteiger partial charge in [-0.15, -0.1) is 15.0 Å². The normalized spacial score (nSPS) is 11.7. The van der Waals surface area contributed by atoms with Gasteiger partial charge >= 0.3 is 0 Å². The first kappa shape index (κ1) is 19.3. The minimum absolute atomic E-state index is 0.350. The van der Waals surface area contributed by atoms with Crippen molar-refractivity contribution < 1.29 is 9.66 Å². The summed E-state index contributed by atoms with van der Waals surface area (Å²) in [5, 5.41) is 24.0. The van der Waals surface area contributed by atoms with E-state index in [1.54, 1.807) is 12.1 Å². The Hall–Kier alpha value is -4.07. The number of benzene rings is 3. The molecule has 1 atom stereocenters. The molecule has 150 valence electrons. The van der Waals surface area contributed by atoms with Gasteiger partial charge in [-0.2, -0.15) is 0 Å². The summed E-state index contributed by atoms with van der Waals surface area (Å²) in [6.45, 7) is -0.0423. The maximum atomic E-state index is 11.4. The van der Waals surface area contributed by atoms with Gasteiger partial charge in [-0.3, -0.25) is 10.1 Å². The Balaban J connectivity index is 1.65. The van der Waals surface area contributed by atoms with Gasteiger partial charge in [0.15, 0.2) is 6.04 Å². The molecule has 8 heteroatoms. The minimum Gasteiger partial charge on any atom is -0.489 e. The Morgan fingerprint density at radius 1 is 0.933 bits per heavy atom. The fraction of sp³-hybridized carbons (Fsp3) is 0.136. The molecule has 8 nitrogen and oxygen atoms in total. The van der Waals surface area contributed by atoms with Gasteiger partial charge in [-0.1, -0.05) is 78.9 Å². The van der Waals surface area contributed by atoms with E-state index in [1.807, 2.05) is 72.8 Å². The zero-order chi connectivity index (χ0) is 20.8. The second-order valence-electron chi connectivity index (χ2n) is 6.64. The quantitative estimate of drug-likeness (QED) is 0.329. The number of hydrogen-bond donors (Lipinski definition) is 0. The maximum Gasteiger partial charge on any atom is 0.232 e. The molecule has 0 saturated carbocycles. The summed E-state index contributed by atoms with van der Waals surface area (Å²) >= 11 is 0. The summed E-state index contributed by atoms with van der Waals surface area (Å²) in [5.74, 6) is 0.957. The van der Waals surface area contributed by atoms with Crippen molar-refractivity contribution in [3.63, 3.8) is 0 Å². The van der Waals surface area contributed by atoms with Crippen LogP contribution in [0.25, 0.3) is 11.4 Å². The molecule has 0 aliphatic carbocycles. The van der Waals surface area contributed by atoms with Gasteiger partial charge < -0.3 is 4.74 Å². The average Bonchev–Trinajstić information content (AvgIpc) is 3.28. The lowest BCUT2D eigenvalue weighted by Gasteiger charge is -2.16. The summed E-state index contributed by atoms with van der Waals surface area (Å²) in [7, 11) is 0. The van der Waals surface area contributed by atoms with E-state index in [0.717, 1.165) is 11.1 Å². The molecule has 4 aromatic rings. The van der Waals surface area contributed by atoms with E-state index in [-0.39, 0.29) is 4.92 Å². The lowest BCUT2D eigenvalue weighted by Crippen LogP contribution is -2.23. The molecule has 4 rings (SSSR count). The topological polar surface area (TPSA) is 96.0 Å². The molecule has 0 bridgehead atoms. The first-order valence-electron chi connectivity index (χ1n) is 9.43. The van der Waals surface area contributed by atoms with Crippen LogP contribution in [-0.2, 0) is 6.61 Å². The zero-order valence-corrected chi connectivity index (χ0v) is 16.0. The van der Waals surface area contributed by atoms with Crippen LogP contribution >= 0.6 is 0 Å². The first-order valence-corrected chi connectivity index (χ1v) is 9.43. The van der Waals surface area contributed by atoms with Crippen LogP contribution in [0, 0.1) is 10.1 Å². The standard InChI is InChI=1S/C22H19N5O3/c28-26(29)15-20(27-24-22(23-25-27)18-11-5-2-6-12-18)19-13-7-8-14-21(19)30-16-17-9-3-1-4-10-17/h1-14,20H,15-16H2/t20-/m1/s1. The third-order valence-corrected chi connectivity index (χ3v) is 4.58. The van der Waals surface area contributed by atoms with Crippen molar-refractivity contribution in [1.82, 2.24) is 20.2 Å². The van der Waals surface area contributed by atoms with E-state index in [2.05, 4.69) is 15.4 Å². The number of nitro groups is 1. The molecule has 0 radical (unpaired) electrons. The maximum absolute atomic E-state index is 11.4. The Labute approximate surface area is 172 Å². The summed E-state index contributed by atoms with van der Waals surface area (Å²) in [6, 6.07) is 25.6. The molecule has 0 amide bonds. The van der Waals surface area contributed by atoms with Crippen LogP contribution < -0.4 is 4.74 Å². The highest BCUT2D eigenvalue weighted by molar-refractivity contribution is 5.53. The molecule has 1 aromatic heterocycles. The zero-order valence-electron chi connectivity index (χ0n) is 16.0. The van der Waals surface area contributed by atoms with E-state index in [1.165, 1.54) is 4.80 Å². The van der Waals surface area contributed by atoms with Crippen molar-refractivity contribution in [1.29, 1.82) is 0 Å². The fourth-order valence-corrected chi connectivity index (χ4v) is 3.12. The molecule has 1 heterocycles. The van der Waals surface area contributed by atoms with Gasteiger partial charge in [0.05, 0.1) is 0 Å². The third-order valence-electron chi connectivity index (χ3n) is 4.58. The van der Waals surface area contributed by atoms with Crippen molar-refractivity contribution in [3.05, 3.63) is 106 Å². The van der Waals surface area contributed by atoms with Crippen LogP contribution in [-0.4, -0.2) is 31.7 Å². The van der Waals surface area contributed by atoms with Gasteiger partial charge in [-0.25, -0.2) is 0 Å². The fourth-order valence-electron chi connectivity index (χ4n) is 3.12. The summed E-state index contributed by atoms with van der Waals surface area (Å²) in [6.07, 6.45) is 0.